The van der Waals surface area contributed by atoms with E-state index in [9.17, 15) is 14.8 Å². The van der Waals surface area contributed by atoms with Crippen molar-refractivity contribution >= 4 is 24.0 Å². The molecule has 0 aromatic rings. The zero-order chi connectivity index (χ0) is 15.2. The molecule has 1 atom stereocenters. The van der Waals surface area contributed by atoms with Gasteiger partial charge in [-0.05, 0) is 0 Å². The van der Waals surface area contributed by atoms with Crippen LogP contribution in [0.15, 0.2) is 0 Å². The smallest absolute Gasteiger partial charge is 0.691 e. The zero-order valence-electron chi connectivity index (χ0n) is 12.2. The van der Waals surface area contributed by atoms with Crippen LogP contribution in [-0.4, -0.2) is 57.8 Å². The Morgan fingerprint density at radius 3 is 2.14 bits per heavy atom. The molecule has 0 aliphatic heterocycles. The standard InChI is InChI=1S/C10H18O9S.Na/c1-14-3-5-16-9(11)7-8(20-19-18-13)10(12)17-6-4-15-2;/h8,13H,3-7H2,1-2H3;/q;+1/p-1. The summed E-state index contributed by atoms with van der Waals surface area (Å²) in [7, 11) is 2.90. The molecule has 9 nitrogen and oxygen atoms in total. The summed E-state index contributed by atoms with van der Waals surface area (Å²) in [6.07, 6.45) is -0.330. The molecule has 0 saturated heterocycles. The Balaban J connectivity index is 0. The second-order valence-electron chi connectivity index (χ2n) is 3.30. The van der Waals surface area contributed by atoms with Crippen LogP contribution in [0.5, 0.6) is 0 Å². The van der Waals surface area contributed by atoms with Crippen molar-refractivity contribution in [3.05, 3.63) is 0 Å². The fraction of sp³-hybridized carbons (Fsp3) is 0.800. The van der Waals surface area contributed by atoms with E-state index in [2.05, 4.69) is 9.37 Å². The van der Waals surface area contributed by atoms with E-state index in [0.29, 0.717) is 12.0 Å². The Hall–Kier alpha value is 0.0900. The molecule has 118 valence electrons. The van der Waals surface area contributed by atoms with Crippen molar-refractivity contribution in [2.24, 2.45) is 0 Å². The van der Waals surface area contributed by atoms with Gasteiger partial charge in [-0.15, -0.1) is 0 Å². The van der Waals surface area contributed by atoms with E-state index >= 15 is 0 Å². The average Bonchev–Trinajstić information content (AvgIpc) is 2.43. The van der Waals surface area contributed by atoms with Crippen molar-refractivity contribution in [1.82, 2.24) is 0 Å². The van der Waals surface area contributed by atoms with Crippen LogP contribution in [0.25, 0.3) is 0 Å². The molecule has 0 radical (unpaired) electrons. The Bertz CT molecular complexity index is 279. The summed E-state index contributed by atoms with van der Waals surface area (Å²) < 4.78 is 23.0. The molecule has 0 N–H and O–H groups in total. The summed E-state index contributed by atoms with van der Waals surface area (Å²) in [6.45, 7) is 0.524. The second-order valence-corrected chi connectivity index (χ2v) is 4.20. The molecule has 0 saturated carbocycles. The van der Waals surface area contributed by atoms with Gasteiger partial charge in [0.2, 0.25) is 0 Å². The largest absolute Gasteiger partial charge is 1.00 e. The summed E-state index contributed by atoms with van der Waals surface area (Å²) in [5, 5.41) is 11.8. The predicted molar refractivity (Wildman–Crippen MR) is 63.8 cm³/mol. The van der Waals surface area contributed by atoms with Crippen molar-refractivity contribution in [3.63, 3.8) is 0 Å². The first-order valence-corrected chi connectivity index (χ1v) is 6.38. The molecular formula is C10H17NaO9S. The quantitative estimate of drug-likeness (QED) is 0.0872. The van der Waals surface area contributed by atoms with Crippen LogP contribution in [0, 0.1) is 0 Å². The number of carbonyl (C=O) groups is 2. The molecule has 0 bridgehead atoms. The molecule has 21 heavy (non-hydrogen) atoms. The maximum atomic E-state index is 11.6. The third-order valence-corrected chi connectivity index (χ3v) is 2.61. The Morgan fingerprint density at radius 2 is 1.62 bits per heavy atom. The van der Waals surface area contributed by atoms with Crippen molar-refractivity contribution in [3.8, 4) is 0 Å². The molecule has 0 amide bonds. The third kappa shape index (κ3) is 13.5. The molecule has 0 aromatic heterocycles. The molecule has 0 rings (SSSR count). The van der Waals surface area contributed by atoms with Gasteiger partial charge in [-0.2, -0.15) is 4.33 Å². The van der Waals surface area contributed by atoms with Crippen LogP contribution in [0.2, 0.25) is 0 Å². The summed E-state index contributed by atoms with van der Waals surface area (Å²) >= 11 is 0.373. The molecule has 0 aliphatic carbocycles. The first-order valence-electron chi connectivity index (χ1n) is 5.57. The SMILES string of the molecule is COCCOC(=O)CC(SOO[O-])C(=O)OCCOC.[Na+]. The fourth-order valence-corrected chi connectivity index (χ4v) is 1.47. The minimum Gasteiger partial charge on any atom is -0.691 e. The van der Waals surface area contributed by atoms with Gasteiger partial charge in [0.15, 0.2) is 0 Å². The van der Waals surface area contributed by atoms with E-state index in [1.807, 2.05) is 0 Å². The zero-order valence-corrected chi connectivity index (χ0v) is 15.0. The van der Waals surface area contributed by atoms with Gasteiger partial charge in [-0.3, -0.25) is 14.6 Å². The van der Waals surface area contributed by atoms with Crippen molar-refractivity contribution in [2.45, 2.75) is 11.7 Å². The number of hydrogen-bond acceptors (Lipinski definition) is 10. The van der Waals surface area contributed by atoms with Gasteiger partial charge in [0.25, 0.3) is 0 Å². The van der Waals surface area contributed by atoms with Gasteiger partial charge < -0.3 is 24.2 Å². The molecule has 0 aliphatic rings. The van der Waals surface area contributed by atoms with E-state index in [1.54, 1.807) is 0 Å². The van der Waals surface area contributed by atoms with E-state index in [0.717, 1.165) is 0 Å². The molecule has 0 aromatic carbocycles. The van der Waals surface area contributed by atoms with Gasteiger partial charge in [-0.1, -0.05) is 0 Å². The monoisotopic (exact) mass is 336 g/mol. The Kier molecular flexibility index (Phi) is 18.3. The molecule has 0 spiro atoms. The topological polar surface area (TPSA) is 113 Å². The molecular weight excluding hydrogens is 319 g/mol. The molecule has 0 heterocycles. The van der Waals surface area contributed by atoms with E-state index in [-0.39, 0.29) is 62.4 Å². The summed E-state index contributed by atoms with van der Waals surface area (Å²) in [5.41, 5.74) is 0. The summed E-state index contributed by atoms with van der Waals surface area (Å²) in [6, 6.07) is 0. The summed E-state index contributed by atoms with van der Waals surface area (Å²) in [5.74, 6) is -1.40. The van der Waals surface area contributed by atoms with Crippen molar-refractivity contribution in [2.75, 3.05) is 40.6 Å². The van der Waals surface area contributed by atoms with Crippen LogP contribution >= 0.6 is 12.0 Å². The minimum absolute atomic E-state index is 0. The number of methoxy groups -OCH3 is 2. The normalized spacial score (nSPS) is 11.4. The average molecular weight is 336 g/mol. The van der Waals surface area contributed by atoms with Gasteiger partial charge in [0.1, 0.15) is 18.5 Å². The van der Waals surface area contributed by atoms with Gasteiger partial charge in [-0.25, -0.2) is 0 Å². The van der Waals surface area contributed by atoms with Crippen molar-refractivity contribution in [1.29, 1.82) is 0 Å². The fourth-order valence-electron chi connectivity index (χ4n) is 0.988. The van der Waals surface area contributed by atoms with Crippen molar-refractivity contribution < 1.29 is 72.7 Å². The first kappa shape index (κ1) is 23.4. The van der Waals surface area contributed by atoms with Gasteiger partial charge in [0.05, 0.1) is 19.6 Å². The molecule has 1 unspecified atom stereocenters. The number of ether oxygens (including phenoxy) is 4. The predicted octanol–water partition coefficient (Wildman–Crippen LogP) is -4.00. The first-order chi connectivity index (χ1) is 9.65. The van der Waals surface area contributed by atoms with E-state index < -0.39 is 17.2 Å². The maximum absolute atomic E-state index is 11.6. The minimum atomic E-state index is -1.07. The van der Waals surface area contributed by atoms with Crippen LogP contribution in [0.4, 0.5) is 0 Å². The van der Waals surface area contributed by atoms with Crippen LogP contribution in [0.1, 0.15) is 6.42 Å². The van der Waals surface area contributed by atoms with Gasteiger partial charge in [0, 0.05) is 26.3 Å². The van der Waals surface area contributed by atoms with E-state index in [1.165, 1.54) is 14.2 Å². The number of carbonyl (C=O) groups excluding carboxylic acids is 2. The van der Waals surface area contributed by atoms with Crippen LogP contribution < -0.4 is 34.8 Å². The number of rotatable bonds is 12. The van der Waals surface area contributed by atoms with E-state index in [4.69, 9.17) is 18.9 Å². The van der Waals surface area contributed by atoms with Gasteiger partial charge >= 0.3 is 41.5 Å². The Labute approximate surface area is 148 Å². The van der Waals surface area contributed by atoms with Crippen LogP contribution in [0.3, 0.4) is 0 Å². The molecule has 11 heteroatoms. The maximum Gasteiger partial charge on any atom is 1.00 e. The molecule has 0 fully saturated rings. The summed E-state index contributed by atoms with van der Waals surface area (Å²) in [4.78, 5) is 23.0. The Morgan fingerprint density at radius 1 is 1.05 bits per heavy atom. The van der Waals surface area contributed by atoms with Crippen LogP contribution in [-0.2, 0) is 37.9 Å². The second kappa shape index (κ2) is 16.5. The third-order valence-electron chi connectivity index (χ3n) is 1.88. The number of hydrogen-bond donors (Lipinski definition) is 0. The number of esters is 2.